The van der Waals surface area contributed by atoms with E-state index in [2.05, 4.69) is 15.5 Å². The third kappa shape index (κ3) is 4.87. The van der Waals surface area contributed by atoms with Gasteiger partial charge in [0.1, 0.15) is 17.3 Å². The highest BCUT2D eigenvalue weighted by molar-refractivity contribution is 5.93. The Hall–Kier alpha value is -4.20. The number of para-hydroxylation sites is 2. The van der Waals surface area contributed by atoms with Gasteiger partial charge >= 0.3 is 0 Å². The van der Waals surface area contributed by atoms with Crippen LogP contribution in [-0.4, -0.2) is 29.8 Å². The highest BCUT2D eigenvalue weighted by atomic mass is 19.1. The summed E-state index contributed by atoms with van der Waals surface area (Å²) in [5.74, 6) is 0.990. The van der Waals surface area contributed by atoms with Gasteiger partial charge in [0.25, 0.3) is 11.8 Å². The highest BCUT2D eigenvalue weighted by Crippen LogP contribution is 2.26. The molecule has 0 bridgehead atoms. The van der Waals surface area contributed by atoms with Crippen LogP contribution in [0.15, 0.2) is 77.3 Å². The van der Waals surface area contributed by atoms with Crippen LogP contribution in [0.1, 0.15) is 0 Å². The van der Waals surface area contributed by atoms with Crippen molar-refractivity contribution in [3.8, 4) is 34.3 Å². The number of benzene rings is 3. The molecule has 1 heterocycles. The summed E-state index contributed by atoms with van der Waals surface area (Å²) in [6, 6.07) is 19.9. The molecular formula is C23H18FN3O4. The standard InChI is InChI=1S/C23H18FN3O4/c1-29-20-8-3-2-7-19(20)25-21(28)14-30-18-6-4-5-16(13-18)22-26-23(31-27-22)15-9-11-17(24)12-10-15/h2-13H,14H2,1H3,(H,25,28). The van der Waals surface area contributed by atoms with Gasteiger partial charge in [-0.2, -0.15) is 4.98 Å². The molecule has 1 N–H and O–H groups in total. The number of amides is 1. The third-order valence-electron chi connectivity index (χ3n) is 4.36. The molecule has 156 valence electrons. The Balaban J connectivity index is 1.42. The second-order valence-electron chi connectivity index (χ2n) is 6.49. The van der Waals surface area contributed by atoms with Gasteiger partial charge in [-0.15, -0.1) is 0 Å². The first-order valence-corrected chi connectivity index (χ1v) is 9.38. The summed E-state index contributed by atoms with van der Waals surface area (Å²) >= 11 is 0. The fraction of sp³-hybridized carbons (Fsp3) is 0.0870. The molecule has 0 atom stereocenters. The number of ether oxygens (including phenoxy) is 2. The van der Waals surface area contributed by atoms with Crippen molar-refractivity contribution in [3.05, 3.63) is 78.6 Å². The van der Waals surface area contributed by atoms with Crippen LogP contribution in [-0.2, 0) is 4.79 Å². The largest absolute Gasteiger partial charge is 0.495 e. The van der Waals surface area contributed by atoms with E-state index in [0.29, 0.717) is 34.1 Å². The van der Waals surface area contributed by atoms with Crippen molar-refractivity contribution in [1.82, 2.24) is 10.1 Å². The summed E-state index contributed by atoms with van der Waals surface area (Å²) in [5.41, 5.74) is 1.83. The topological polar surface area (TPSA) is 86.5 Å². The smallest absolute Gasteiger partial charge is 0.262 e. The maximum Gasteiger partial charge on any atom is 0.262 e. The predicted octanol–water partition coefficient (Wildman–Crippen LogP) is 4.57. The number of aromatic nitrogens is 2. The van der Waals surface area contributed by atoms with Crippen LogP contribution in [0, 0.1) is 5.82 Å². The van der Waals surface area contributed by atoms with Crippen LogP contribution in [0.4, 0.5) is 10.1 Å². The Morgan fingerprint density at radius 3 is 2.65 bits per heavy atom. The molecule has 0 fully saturated rings. The second-order valence-corrected chi connectivity index (χ2v) is 6.49. The number of hydrogen-bond donors (Lipinski definition) is 1. The van der Waals surface area contributed by atoms with E-state index in [0.717, 1.165) is 0 Å². The van der Waals surface area contributed by atoms with Crippen molar-refractivity contribution in [3.63, 3.8) is 0 Å². The number of carbonyl (C=O) groups excluding carboxylic acids is 1. The molecule has 4 aromatic rings. The summed E-state index contributed by atoms with van der Waals surface area (Å²) in [4.78, 5) is 16.6. The summed E-state index contributed by atoms with van der Waals surface area (Å²) in [7, 11) is 1.53. The average Bonchev–Trinajstić information content (AvgIpc) is 3.29. The van der Waals surface area contributed by atoms with Crippen molar-refractivity contribution >= 4 is 11.6 Å². The molecule has 8 heteroatoms. The van der Waals surface area contributed by atoms with Crippen molar-refractivity contribution in [2.45, 2.75) is 0 Å². The van der Waals surface area contributed by atoms with E-state index in [9.17, 15) is 9.18 Å². The van der Waals surface area contributed by atoms with Crippen LogP contribution in [0.2, 0.25) is 0 Å². The molecule has 0 saturated heterocycles. The summed E-state index contributed by atoms with van der Waals surface area (Å²) in [6.07, 6.45) is 0. The average molecular weight is 419 g/mol. The predicted molar refractivity (Wildman–Crippen MR) is 112 cm³/mol. The van der Waals surface area contributed by atoms with Crippen molar-refractivity contribution in [2.75, 3.05) is 19.0 Å². The minimum Gasteiger partial charge on any atom is -0.495 e. The zero-order valence-electron chi connectivity index (χ0n) is 16.5. The number of rotatable bonds is 7. The molecule has 0 aliphatic rings. The number of halogens is 1. The molecule has 0 spiro atoms. The van der Waals surface area contributed by atoms with Gasteiger partial charge in [-0.1, -0.05) is 29.4 Å². The van der Waals surface area contributed by atoms with Crippen LogP contribution in [0.3, 0.4) is 0 Å². The first-order chi connectivity index (χ1) is 15.1. The van der Waals surface area contributed by atoms with E-state index in [1.807, 2.05) is 6.07 Å². The van der Waals surface area contributed by atoms with Gasteiger partial charge in [0.15, 0.2) is 6.61 Å². The molecule has 4 rings (SSSR count). The minimum absolute atomic E-state index is 0.186. The molecule has 31 heavy (non-hydrogen) atoms. The monoisotopic (exact) mass is 419 g/mol. The van der Waals surface area contributed by atoms with Crippen LogP contribution < -0.4 is 14.8 Å². The molecular weight excluding hydrogens is 401 g/mol. The van der Waals surface area contributed by atoms with Crippen molar-refractivity contribution in [1.29, 1.82) is 0 Å². The van der Waals surface area contributed by atoms with Gasteiger partial charge < -0.3 is 19.3 Å². The Morgan fingerprint density at radius 1 is 1.03 bits per heavy atom. The summed E-state index contributed by atoms with van der Waals surface area (Å²) in [5, 5.41) is 6.72. The fourth-order valence-electron chi connectivity index (χ4n) is 2.86. The Kier molecular flexibility index (Phi) is 5.89. The maximum atomic E-state index is 13.1. The number of carbonyl (C=O) groups is 1. The van der Waals surface area contributed by atoms with Crippen LogP contribution in [0.5, 0.6) is 11.5 Å². The van der Waals surface area contributed by atoms with Gasteiger partial charge in [-0.05, 0) is 48.5 Å². The number of anilines is 1. The van der Waals surface area contributed by atoms with E-state index >= 15 is 0 Å². The van der Waals surface area contributed by atoms with E-state index in [4.69, 9.17) is 14.0 Å². The molecule has 3 aromatic carbocycles. The van der Waals surface area contributed by atoms with E-state index in [1.165, 1.54) is 19.2 Å². The molecule has 0 aliphatic carbocycles. The van der Waals surface area contributed by atoms with Crippen LogP contribution >= 0.6 is 0 Å². The molecule has 1 amide bonds. The van der Waals surface area contributed by atoms with Crippen LogP contribution in [0.25, 0.3) is 22.8 Å². The minimum atomic E-state index is -0.344. The summed E-state index contributed by atoms with van der Waals surface area (Å²) < 4.78 is 29.2. The fourth-order valence-corrected chi connectivity index (χ4v) is 2.86. The lowest BCUT2D eigenvalue weighted by Gasteiger charge is -2.10. The first-order valence-electron chi connectivity index (χ1n) is 9.38. The lowest BCUT2D eigenvalue weighted by atomic mass is 10.2. The lowest BCUT2D eigenvalue weighted by molar-refractivity contribution is -0.118. The second kappa shape index (κ2) is 9.08. The highest BCUT2D eigenvalue weighted by Gasteiger charge is 2.12. The van der Waals surface area contributed by atoms with E-state index in [1.54, 1.807) is 54.6 Å². The summed E-state index contributed by atoms with van der Waals surface area (Å²) in [6.45, 7) is -0.186. The van der Waals surface area contributed by atoms with E-state index < -0.39 is 0 Å². The first kappa shape index (κ1) is 20.1. The number of hydrogen-bond acceptors (Lipinski definition) is 6. The molecule has 0 unspecified atom stereocenters. The van der Waals surface area contributed by atoms with Gasteiger partial charge in [0, 0.05) is 11.1 Å². The SMILES string of the molecule is COc1ccccc1NC(=O)COc1cccc(-c2noc(-c3ccc(F)cc3)n2)c1. The normalized spacial score (nSPS) is 10.5. The maximum absolute atomic E-state index is 13.1. The number of nitrogens with zero attached hydrogens (tertiary/aromatic N) is 2. The quantitative estimate of drug-likeness (QED) is 0.472. The van der Waals surface area contributed by atoms with E-state index in [-0.39, 0.29) is 24.2 Å². The Labute approximate surface area is 177 Å². The Bertz CT molecular complexity index is 1190. The zero-order valence-corrected chi connectivity index (χ0v) is 16.5. The molecule has 0 aliphatic heterocycles. The Morgan fingerprint density at radius 2 is 1.84 bits per heavy atom. The van der Waals surface area contributed by atoms with Gasteiger partial charge in [-0.3, -0.25) is 4.79 Å². The van der Waals surface area contributed by atoms with Crippen molar-refractivity contribution in [2.24, 2.45) is 0 Å². The molecule has 7 nitrogen and oxygen atoms in total. The van der Waals surface area contributed by atoms with Crippen molar-refractivity contribution < 1.29 is 23.2 Å². The third-order valence-corrected chi connectivity index (χ3v) is 4.36. The molecule has 0 radical (unpaired) electrons. The molecule has 1 aromatic heterocycles. The zero-order chi connectivity index (χ0) is 21.6. The number of methoxy groups -OCH3 is 1. The lowest BCUT2D eigenvalue weighted by Crippen LogP contribution is -2.20. The van der Waals surface area contributed by atoms with Gasteiger partial charge in [0.05, 0.1) is 12.8 Å². The van der Waals surface area contributed by atoms with Gasteiger partial charge in [-0.25, -0.2) is 4.39 Å². The van der Waals surface area contributed by atoms with Gasteiger partial charge in [0.2, 0.25) is 5.82 Å². The molecule has 0 saturated carbocycles. The number of nitrogens with one attached hydrogen (secondary N) is 1.